The topological polar surface area (TPSA) is 87.3 Å². The third-order valence-corrected chi connectivity index (χ3v) is 8.45. The number of hydrazone groups is 1. The van der Waals surface area contributed by atoms with Crippen molar-refractivity contribution in [3.63, 3.8) is 0 Å². The Balaban J connectivity index is 1.41. The number of allylic oxidation sites excluding steroid dienone is 1. The predicted octanol–water partition coefficient (Wildman–Crippen LogP) is 5.75. The van der Waals surface area contributed by atoms with E-state index in [0.29, 0.717) is 24.1 Å². The van der Waals surface area contributed by atoms with Gasteiger partial charge in [-0.15, -0.1) is 4.31 Å². The lowest BCUT2D eigenvalue weighted by Crippen LogP contribution is -2.34. The first-order valence-corrected chi connectivity index (χ1v) is 14.0. The van der Waals surface area contributed by atoms with Gasteiger partial charge in [0.25, 0.3) is 0 Å². The molecule has 2 fully saturated rings. The van der Waals surface area contributed by atoms with Gasteiger partial charge in [-0.2, -0.15) is 5.10 Å². The molecule has 1 aliphatic carbocycles. The maximum atomic E-state index is 12.2. The summed E-state index contributed by atoms with van der Waals surface area (Å²) in [5.74, 6) is 2.87. The van der Waals surface area contributed by atoms with E-state index in [-0.39, 0.29) is 6.04 Å². The fraction of sp³-hybridized carbons (Fsp3) is 0.345. The SMILES string of the molecule is C=C[S+]([O-])N1CC2CC(N3N=C(c4ccc(Oc5ccccc5)cc4)/C(=C(CC)/N=C\C)C3=N)CC2C1. The number of nitrogens with zero attached hydrogens (tertiary/aromatic N) is 4. The molecule has 2 aromatic rings. The van der Waals surface area contributed by atoms with Crippen LogP contribution in [-0.2, 0) is 11.4 Å². The number of rotatable bonds is 8. The molecule has 2 aromatic carbocycles. The maximum Gasteiger partial charge on any atom is 0.153 e. The van der Waals surface area contributed by atoms with Crippen molar-refractivity contribution in [1.82, 2.24) is 9.31 Å². The van der Waals surface area contributed by atoms with E-state index < -0.39 is 11.4 Å². The average molecular weight is 516 g/mol. The van der Waals surface area contributed by atoms with Gasteiger partial charge in [-0.25, -0.2) is 5.01 Å². The Labute approximate surface area is 222 Å². The van der Waals surface area contributed by atoms with Crippen molar-refractivity contribution in [2.24, 2.45) is 21.9 Å². The molecule has 37 heavy (non-hydrogen) atoms. The van der Waals surface area contributed by atoms with Crippen LogP contribution in [0.25, 0.3) is 0 Å². The minimum atomic E-state index is -1.11. The van der Waals surface area contributed by atoms with E-state index in [9.17, 15) is 4.55 Å². The number of benzene rings is 2. The first-order chi connectivity index (χ1) is 18.0. The van der Waals surface area contributed by atoms with Crippen LogP contribution in [0, 0.1) is 17.2 Å². The molecule has 3 aliphatic rings. The molecule has 7 nitrogen and oxygen atoms in total. The Bertz CT molecular complexity index is 1230. The summed E-state index contributed by atoms with van der Waals surface area (Å²) < 4.78 is 20.2. The number of hydrogen-bond donors (Lipinski definition) is 1. The van der Waals surface area contributed by atoms with Gasteiger partial charge in [0.15, 0.2) is 5.84 Å². The van der Waals surface area contributed by atoms with Gasteiger partial charge in [-0.1, -0.05) is 25.1 Å². The quantitative estimate of drug-likeness (QED) is 0.358. The summed E-state index contributed by atoms with van der Waals surface area (Å²) in [6.45, 7) is 9.26. The third-order valence-electron chi connectivity index (χ3n) is 7.36. The highest BCUT2D eigenvalue weighted by atomic mass is 32.2. The average Bonchev–Trinajstić information content (AvgIpc) is 3.59. The molecular weight excluding hydrogens is 482 g/mol. The van der Waals surface area contributed by atoms with Crippen molar-refractivity contribution >= 4 is 29.1 Å². The van der Waals surface area contributed by atoms with Crippen LogP contribution in [0.5, 0.6) is 11.5 Å². The molecule has 2 aliphatic heterocycles. The van der Waals surface area contributed by atoms with E-state index in [0.717, 1.165) is 60.0 Å². The van der Waals surface area contributed by atoms with Crippen molar-refractivity contribution in [2.75, 3.05) is 13.1 Å². The summed E-state index contributed by atoms with van der Waals surface area (Å²) in [5, 5.41) is 17.6. The van der Waals surface area contributed by atoms with Crippen molar-refractivity contribution < 1.29 is 9.29 Å². The van der Waals surface area contributed by atoms with Crippen molar-refractivity contribution in [3.8, 4) is 11.5 Å². The molecule has 1 N–H and O–H groups in total. The second-order valence-corrected chi connectivity index (χ2v) is 11.0. The van der Waals surface area contributed by atoms with Gasteiger partial charge in [0.2, 0.25) is 0 Å². The summed E-state index contributed by atoms with van der Waals surface area (Å²) in [5.41, 5.74) is 3.38. The molecule has 0 amide bonds. The molecular formula is C29H33N5O2S. The number of hydrogen-bond acceptors (Lipinski definition) is 6. The monoisotopic (exact) mass is 515 g/mol. The Hall–Kier alpha value is -3.20. The van der Waals surface area contributed by atoms with E-state index in [4.69, 9.17) is 15.2 Å². The van der Waals surface area contributed by atoms with Crippen LogP contribution in [-0.4, -0.2) is 50.8 Å². The Morgan fingerprint density at radius 2 is 1.78 bits per heavy atom. The predicted molar refractivity (Wildman–Crippen MR) is 150 cm³/mol. The van der Waals surface area contributed by atoms with Crippen LogP contribution in [0.15, 0.2) is 87.9 Å². The summed E-state index contributed by atoms with van der Waals surface area (Å²) in [6.07, 6.45) is 4.36. The first kappa shape index (κ1) is 25.4. The van der Waals surface area contributed by atoms with E-state index in [1.54, 1.807) is 6.21 Å². The van der Waals surface area contributed by atoms with Crippen LogP contribution < -0.4 is 4.74 Å². The molecule has 3 unspecified atom stereocenters. The molecule has 0 aromatic heterocycles. The Morgan fingerprint density at radius 1 is 1.14 bits per heavy atom. The highest BCUT2D eigenvalue weighted by molar-refractivity contribution is 7.92. The van der Waals surface area contributed by atoms with Crippen molar-refractivity contribution in [1.29, 1.82) is 5.41 Å². The number of ether oxygens (including phenoxy) is 1. The highest BCUT2D eigenvalue weighted by Crippen LogP contribution is 2.43. The largest absolute Gasteiger partial charge is 0.593 e. The number of para-hydroxylation sites is 1. The van der Waals surface area contributed by atoms with Crippen LogP contribution in [0.3, 0.4) is 0 Å². The number of amidine groups is 1. The smallest absolute Gasteiger partial charge is 0.153 e. The maximum absolute atomic E-state index is 12.2. The van der Waals surface area contributed by atoms with Gasteiger partial charge in [0.1, 0.15) is 22.6 Å². The summed E-state index contributed by atoms with van der Waals surface area (Å²) in [6, 6.07) is 17.7. The molecule has 2 heterocycles. The zero-order valence-corrected chi connectivity index (χ0v) is 22.2. The molecule has 0 spiro atoms. The van der Waals surface area contributed by atoms with Crippen molar-refractivity contribution in [3.05, 3.63) is 83.4 Å². The highest BCUT2D eigenvalue weighted by Gasteiger charge is 2.48. The molecule has 8 heteroatoms. The van der Waals surface area contributed by atoms with Crippen LogP contribution in [0.1, 0.15) is 38.7 Å². The van der Waals surface area contributed by atoms with Gasteiger partial charge in [-0.3, -0.25) is 10.4 Å². The molecule has 3 atom stereocenters. The molecule has 1 saturated heterocycles. The molecule has 0 radical (unpaired) electrons. The lowest BCUT2D eigenvalue weighted by Gasteiger charge is -2.24. The van der Waals surface area contributed by atoms with E-state index in [1.807, 2.05) is 70.8 Å². The zero-order chi connectivity index (χ0) is 25.9. The van der Waals surface area contributed by atoms with Crippen LogP contribution >= 0.6 is 0 Å². The Morgan fingerprint density at radius 3 is 2.38 bits per heavy atom. The number of nitrogens with one attached hydrogen (secondary N) is 1. The van der Waals surface area contributed by atoms with Crippen LogP contribution in [0.2, 0.25) is 0 Å². The minimum Gasteiger partial charge on any atom is -0.593 e. The van der Waals surface area contributed by atoms with Crippen LogP contribution in [0.4, 0.5) is 0 Å². The van der Waals surface area contributed by atoms with Crippen molar-refractivity contribution in [2.45, 2.75) is 39.2 Å². The van der Waals surface area contributed by atoms with E-state index in [1.165, 1.54) is 5.41 Å². The van der Waals surface area contributed by atoms with Gasteiger partial charge in [-0.05, 0) is 81.0 Å². The molecule has 1 saturated carbocycles. The number of aliphatic imine (C=N–C) groups is 1. The van der Waals surface area contributed by atoms with Gasteiger partial charge >= 0.3 is 0 Å². The second-order valence-electron chi connectivity index (χ2n) is 9.58. The Kier molecular flexibility index (Phi) is 7.60. The molecule has 0 bridgehead atoms. The van der Waals surface area contributed by atoms with Gasteiger partial charge in [0.05, 0.1) is 28.7 Å². The first-order valence-electron chi connectivity index (χ1n) is 12.8. The number of fused-ring (bicyclic) bond motifs is 1. The lowest BCUT2D eigenvalue weighted by molar-refractivity contribution is 0.307. The summed E-state index contributed by atoms with van der Waals surface area (Å²) in [4.78, 5) is 4.61. The summed E-state index contributed by atoms with van der Waals surface area (Å²) >= 11 is -1.11. The fourth-order valence-corrected chi connectivity index (χ4v) is 6.53. The van der Waals surface area contributed by atoms with E-state index >= 15 is 0 Å². The second kappa shape index (κ2) is 11.0. The van der Waals surface area contributed by atoms with Gasteiger partial charge < -0.3 is 9.29 Å². The molecule has 5 rings (SSSR count). The van der Waals surface area contributed by atoms with E-state index in [2.05, 4.69) is 18.5 Å². The fourth-order valence-electron chi connectivity index (χ4n) is 5.64. The molecule has 192 valence electrons. The summed E-state index contributed by atoms with van der Waals surface area (Å²) in [7, 11) is 0. The zero-order valence-electron chi connectivity index (χ0n) is 21.3. The van der Waals surface area contributed by atoms with Gasteiger partial charge in [0, 0.05) is 24.9 Å². The normalized spacial score (nSPS) is 25.9. The lowest BCUT2D eigenvalue weighted by atomic mass is 9.99. The standard InChI is InChI=1S/C29H33N5O2S/c1-4-26(31-5-2)27-28(20-12-14-25(15-13-20)36-24-10-8-7-9-11-24)32-34(29(27)30)23-16-21-18-33(37(35)6-3)19-22(21)17-23/h5-15,21-23,30H,3-4,16-19H2,1-2H3/b27-26-,30-29?,31-5-. The minimum absolute atomic E-state index is 0.152. The third kappa shape index (κ3) is 5.14.